The van der Waals surface area contributed by atoms with Gasteiger partial charge in [0.2, 0.25) is 5.84 Å². The van der Waals surface area contributed by atoms with Gasteiger partial charge in [0.05, 0.1) is 0 Å². The number of halogens is 3. The molecule has 0 saturated carbocycles. The number of hydrogen-bond acceptors (Lipinski definition) is 3. The Morgan fingerprint density at radius 2 is 2.10 bits per heavy atom. The van der Waals surface area contributed by atoms with Crippen LogP contribution in [0.4, 0.5) is 13.2 Å². The first-order valence-corrected chi connectivity index (χ1v) is 2.66. The number of nitrogens with zero attached hydrogens (tertiary/aromatic N) is 1. The summed E-state index contributed by atoms with van der Waals surface area (Å²) in [6.45, 7) is 1.52. The van der Waals surface area contributed by atoms with Gasteiger partial charge in [0, 0.05) is 0 Å². The van der Waals surface area contributed by atoms with Crippen LogP contribution in [0.2, 0.25) is 0 Å². The van der Waals surface area contributed by atoms with Crippen LogP contribution in [0, 0.1) is 0 Å². The summed E-state index contributed by atoms with van der Waals surface area (Å²) in [5.74, 6) is -0.958. The van der Waals surface area contributed by atoms with E-state index in [1.807, 2.05) is 5.43 Å². The smallest absolute Gasteiger partial charge is 0.300 e. The number of hydrazine groups is 1. The molecule has 0 aromatic rings. The first-order valence-electron chi connectivity index (χ1n) is 2.66. The molecule has 0 spiro atoms. The fourth-order valence-electron chi connectivity index (χ4n) is 0.575. The zero-order chi connectivity index (χ0) is 7.78. The highest BCUT2D eigenvalue weighted by Crippen LogP contribution is 2.17. The number of alkyl halides is 3. The standard InChI is InChI=1S/C4H6F3N3/c1-2-8-3(10-9-2)4(5,6)7/h2,9H,1H3,(H,8,10). The Labute approximate surface area is 55.3 Å². The SMILES string of the molecule is CC1N=C(C(F)(F)F)NN1. The second-order valence-corrected chi connectivity index (χ2v) is 1.92. The van der Waals surface area contributed by atoms with Gasteiger partial charge in [-0.2, -0.15) is 13.2 Å². The van der Waals surface area contributed by atoms with E-state index >= 15 is 0 Å². The molecule has 3 nitrogen and oxygen atoms in total. The van der Waals surface area contributed by atoms with Crippen LogP contribution < -0.4 is 10.9 Å². The molecular weight excluding hydrogens is 147 g/mol. The van der Waals surface area contributed by atoms with Crippen LogP contribution in [-0.4, -0.2) is 18.2 Å². The zero-order valence-electron chi connectivity index (χ0n) is 5.16. The molecule has 1 atom stereocenters. The molecule has 1 aliphatic heterocycles. The molecule has 0 aromatic carbocycles. The van der Waals surface area contributed by atoms with E-state index < -0.39 is 18.2 Å². The third kappa shape index (κ3) is 1.38. The molecule has 1 unspecified atom stereocenters. The number of aliphatic imine (C=N–C) groups is 1. The summed E-state index contributed by atoms with van der Waals surface area (Å²) in [5.41, 5.74) is 4.22. The molecular formula is C4H6F3N3. The lowest BCUT2D eigenvalue weighted by Gasteiger charge is -2.04. The van der Waals surface area contributed by atoms with Crippen molar-refractivity contribution < 1.29 is 13.2 Å². The molecule has 0 amide bonds. The Kier molecular flexibility index (Phi) is 1.55. The van der Waals surface area contributed by atoms with E-state index in [4.69, 9.17) is 0 Å². The topological polar surface area (TPSA) is 36.4 Å². The molecule has 0 aliphatic carbocycles. The maximum atomic E-state index is 11.7. The van der Waals surface area contributed by atoms with E-state index in [0.29, 0.717) is 0 Å². The number of rotatable bonds is 0. The Hall–Kier alpha value is -0.780. The summed E-state index contributed by atoms with van der Waals surface area (Å²) < 4.78 is 35.1. The molecule has 0 bridgehead atoms. The van der Waals surface area contributed by atoms with Crippen molar-refractivity contribution in [2.45, 2.75) is 19.3 Å². The van der Waals surface area contributed by atoms with Gasteiger partial charge < -0.3 is 0 Å². The lowest BCUT2D eigenvalue weighted by molar-refractivity contribution is -0.0614. The molecule has 2 N–H and O–H groups in total. The number of nitrogens with one attached hydrogen (secondary N) is 2. The molecule has 0 fully saturated rings. The zero-order valence-corrected chi connectivity index (χ0v) is 5.16. The van der Waals surface area contributed by atoms with Crippen molar-refractivity contribution >= 4 is 5.84 Å². The van der Waals surface area contributed by atoms with E-state index in [9.17, 15) is 13.2 Å². The predicted octanol–water partition coefficient (Wildman–Crippen LogP) is 0.401. The summed E-state index contributed by atoms with van der Waals surface area (Å²) in [6, 6.07) is 0. The molecule has 10 heavy (non-hydrogen) atoms. The third-order valence-corrected chi connectivity index (χ3v) is 0.991. The highest BCUT2D eigenvalue weighted by molar-refractivity contribution is 5.88. The van der Waals surface area contributed by atoms with Gasteiger partial charge in [0.15, 0.2) is 0 Å². The lowest BCUT2D eigenvalue weighted by Crippen LogP contribution is -2.40. The minimum absolute atomic E-state index is 0.503. The third-order valence-electron chi connectivity index (χ3n) is 0.991. The van der Waals surface area contributed by atoms with Crippen LogP contribution >= 0.6 is 0 Å². The van der Waals surface area contributed by atoms with Crippen molar-refractivity contribution in [3.05, 3.63) is 0 Å². The van der Waals surface area contributed by atoms with Crippen molar-refractivity contribution in [3.63, 3.8) is 0 Å². The van der Waals surface area contributed by atoms with Crippen LogP contribution in [0.3, 0.4) is 0 Å². The normalized spacial score (nSPS) is 26.0. The molecule has 58 valence electrons. The fourth-order valence-corrected chi connectivity index (χ4v) is 0.575. The van der Waals surface area contributed by atoms with Gasteiger partial charge in [-0.05, 0) is 6.92 Å². The average Bonchev–Trinajstić information content (AvgIpc) is 2.11. The van der Waals surface area contributed by atoms with Crippen molar-refractivity contribution in [2.75, 3.05) is 0 Å². The quantitative estimate of drug-likeness (QED) is 0.528. The van der Waals surface area contributed by atoms with Gasteiger partial charge >= 0.3 is 6.18 Å². The van der Waals surface area contributed by atoms with Gasteiger partial charge in [-0.3, -0.25) is 5.43 Å². The predicted molar refractivity (Wildman–Crippen MR) is 29.2 cm³/mol. The maximum absolute atomic E-state index is 11.7. The lowest BCUT2D eigenvalue weighted by atomic mass is 10.6. The highest BCUT2D eigenvalue weighted by Gasteiger charge is 2.38. The van der Waals surface area contributed by atoms with Crippen molar-refractivity contribution in [1.29, 1.82) is 0 Å². The molecule has 0 saturated heterocycles. The Bertz CT molecular complexity index is 162. The van der Waals surface area contributed by atoms with Gasteiger partial charge in [-0.15, -0.1) is 0 Å². The van der Waals surface area contributed by atoms with E-state index in [1.54, 1.807) is 0 Å². The van der Waals surface area contributed by atoms with Crippen LogP contribution in [-0.2, 0) is 0 Å². The minimum Gasteiger partial charge on any atom is -0.300 e. The van der Waals surface area contributed by atoms with Crippen LogP contribution in [0.25, 0.3) is 0 Å². The summed E-state index contributed by atoms with van der Waals surface area (Å²) in [6.07, 6.45) is -4.87. The minimum atomic E-state index is -4.36. The van der Waals surface area contributed by atoms with Crippen molar-refractivity contribution in [1.82, 2.24) is 10.9 Å². The Morgan fingerprint density at radius 1 is 1.50 bits per heavy atom. The molecule has 6 heteroatoms. The molecule has 1 rings (SSSR count). The first-order chi connectivity index (χ1) is 4.50. The second kappa shape index (κ2) is 2.12. The van der Waals surface area contributed by atoms with Gasteiger partial charge in [0.1, 0.15) is 6.17 Å². The second-order valence-electron chi connectivity index (χ2n) is 1.92. The highest BCUT2D eigenvalue weighted by atomic mass is 19.4. The molecule has 1 aliphatic rings. The largest absolute Gasteiger partial charge is 0.450 e. The van der Waals surface area contributed by atoms with Crippen LogP contribution in [0.5, 0.6) is 0 Å². The summed E-state index contributed by atoms with van der Waals surface area (Å²) in [4.78, 5) is 3.23. The van der Waals surface area contributed by atoms with Crippen LogP contribution in [0.15, 0.2) is 4.99 Å². The van der Waals surface area contributed by atoms with Gasteiger partial charge in [0.25, 0.3) is 0 Å². The number of amidine groups is 1. The van der Waals surface area contributed by atoms with Crippen LogP contribution in [0.1, 0.15) is 6.92 Å². The molecule has 0 aromatic heterocycles. The van der Waals surface area contributed by atoms with E-state index in [2.05, 4.69) is 10.4 Å². The fraction of sp³-hybridized carbons (Fsp3) is 0.750. The Balaban J connectivity index is 2.67. The summed E-state index contributed by atoms with van der Waals surface area (Å²) in [5, 5.41) is 0. The average molecular weight is 153 g/mol. The van der Waals surface area contributed by atoms with Gasteiger partial charge in [-0.1, -0.05) is 0 Å². The van der Waals surface area contributed by atoms with E-state index in [1.165, 1.54) is 6.92 Å². The van der Waals surface area contributed by atoms with Gasteiger partial charge in [-0.25, -0.2) is 10.4 Å². The number of hydrogen-bond donors (Lipinski definition) is 2. The maximum Gasteiger partial charge on any atom is 0.450 e. The molecule has 0 radical (unpaired) electrons. The van der Waals surface area contributed by atoms with Crippen molar-refractivity contribution in [3.8, 4) is 0 Å². The summed E-state index contributed by atoms with van der Waals surface area (Å²) in [7, 11) is 0. The van der Waals surface area contributed by atoms with E-state index in [0.717, 1.165) is 0 Å². The summed E-state index contributed by atoms with van der Waals surface area (Å²) >= 11 is 0. The van der Waals surface area contributed by atoms with Crippen molar-refractivity contribution in [2.24, 2.45) is 4.99 Å². The first kappa shape index (κ1) is 7.33. The Morgan fingerprint density at radius 3 is 2.30 bits per heavy atom. The molecule has 1 heterocycles. The monoisotopic (exact) mass is 153 g/mol. The van der Waals surface area contributed by atoms with E-state index in [-0.39, 0.29) is 0 Å².